The number of halogens is 4. The van der Waals surface area contributed by atoms with Crippen molar-refractivity contribution < 1.29 is 19.4 Å². The molecule has 30 heavy (non-hydrogen) atoms. The first-order valence-electron chi connectivity index (χ1n) is 9.08. The second-order valence-corrected chi connectivity index (χ2v) is 7.96. The number of nitrogens with zero attached hydrogens (tertiary/aromatic N) is 1. The van der Waals surface area contributed by atoms with E-state index < -0.39 is 0 Å². The van der Waals surface area contributed by atoms with E-state index in [0.717, 1.165) is 24.2 Å². The van der Waals surface area contributed by atoms with Crippen LogP contribution in [0.1, 0.15) is 25.3 Å². The summed E-state index contributed by atoms with van der Waals surface area (Å²) >= 11 is 23.5. The summed E-state index contributed by atoms with van der Waals surface area (Å²) in [6, 6.07) is 10.6. The third-order valence-electron chi connectivity index (χ3n) is 3.94. The molecule has 0 aliphatic heterocycles. The molecule has 5 nitrogen and oxygen atoms in total. The van der Waals surface area contributed by atoms with Gasteiger partial charge in [-0.2, -0.15) is 0 Å². The Morgan fingerprint density at radius 2 is 1.53 bits per heavy atom. The highest BCUT2D eigenvalue weighted by Crippen LogP contribution is 2.37. The Morgan fingerprint density at radius 1 is 0.933 bits per heavy atom. The minimum absolute atomic E-state index is 0.124. The molecule has 0 heterocycles. The first-order chi connectivity index (χ1) is 14.4. The van der Waals surface area contributed by atoms with E-state index in [9.17, 15) is 0 Å². The Morgan fingerprint density at radius 3 is 2.10 bits per heavy atom. The maximum absolute atomic E-state index is 8.78. The van der Waals surface area contributed by atoms with Gasteiger partial charge in [-0.25, -0.2) is 0 Å². The topological polar surface area (TPSA) is 60.3 Å². The lowest BCUT2D eigenvalue weighted by molar-refractivity contribution is 0.266. The predicted molar refractivity (Wildman–Crippen MR) is 122 cm³/mol. The lowest BCUT2D eigenvalue weighted by Gasteiger charge is -2.12. The Kier molecular flexibility index (Phi) is 10.4. The van der Waals surface area contributed by atoms with Gasteiger partial charge in [0, 0.05) is 12.1 Å². The Labute approximate surface area is 195 Å². The highest BCUT2D eigenvalue weighted by Gasteiger charge is 2.10. The van der Waals surface area contributed by atoms with E-state index in [4.69, 9.17) is 65.8 Å². The van der Waals surface area contributed by atoms with E-state index in [2.05, 4.69) is 5.16 Å². The van der Waals surface area contributed by atoms with Crippen molar-refractivity contribution in [3.8, 4) is 17.2 Å². The molecule has 0 radical (unpaired) electrons. The Bertz CT molecular complexity index is 858. The number of benzene rings is 2. The fourth-order valence-corrected chi connectivity index (χ4v) is 3.08. The van der Waals surface area contributed by atoms with Gasteiger partial charge < -0.3 is 19.4 Å². The van der Waals surface area contributed by atoms with E-state index in [1.54, 1.807) is 19.1 Å². The minimum atomic E-state index is 0.124. The fourth-order valence-electron chi connectivity index (χ4n) is 2.38. The standard InChI is InChI=1S/C21H21Cl4NO4/c1-14(26-27)15-4-6-16(7-5-15)28-9-2-3-10-30-21-18(22)12-17(13-19(21)23)29-11-8-20(24)25/h4-8,12-13,27H,2-3,9-11H2,1H3. The van der Waals surface area contributed by atoms with Gasteiger partial charge in [-0.1, -0.05) is 51.6 Å². The van der Waals surface area contributed by atoms with Crippen LogP contribution in [0.3, 0.4) is 0 Å². The van der Waals surface area contributed by atoms with E-state index >= 15 is 0 Å². The monoisotopic (exact) mass is 491 g/mol. The predicted octanol–water partition coefficient (Wildman–Crippen LogP) is 7.13. The van der Waals surface area contributed by atoms with Gasteiger partial charge in [0.25, 0.3) is 0 Å². The second kappa shape index (κ2) is 12.8. The molecule has 0 saturated heterocycles. The molecule has 0 aliphatic carbocycles. The van der Waals surface area contributed by atoms with Crippen LogP contribution in [-0.2, 0) is 0 Å². The summed E-state index contributed by atoms with van der Waals surface area (Å²) < 4.78 is 17.0. The summed E-state index contributed by atoms with van der Waals surface area (Å²) in [4.78, 5) is 0. The van der Waals surface area contributed by atoms with Crippen LogP contribution in [0, 0.1) is 0 Å². The van der Waals surface area contributed by atoms with Crippen molar-refractivity contribution in [2.45, 2.75) is 19.8 Å². The molecule has 2 rings (SSSR count). The first-order valence-corrected chi connectivity index (χ1v) is 10.6. The molecule has 2 aromatic rings. The summed E-state index contributed by atoms with van der Waals surface area (Å²) in [6.45, 7) is 2.91. The van der Waals surface area contributed by atoms with Crippen LogP contribution >= 0.6 is 46.4 Å². The molecular formula is C21H21Cl4NO4. The number of ether oxygens (including phenoxy) is 3. The van der Waals surface area contributed by atoms with Crippen LogP contribution in [0.4, 0.5) is 0 Å². The number of hydrogen-bond acceptors (Lipinski definition) is 5. The third-order valence-corrected chi connectivity index (χ3v) is 4.81. The molecule has 162 valence electrons. The maximum atomic E-state index is 8.78. The van der Waals surface area contributed by atoms with Crippen molar-refractivity contribution in [3.05, 3.63) is 62.6 Å². The molecule has 0 aromatic heterocycles. The van der Waals surface area contributed by atoms with E-state index in [0.29, 0.717) is 40.5 Å². The van der Waals surface area contributed by atoms with Crippen molar-refractivity contribution in [2.24, 2.45) is 5.16 Å². The molecule has 0 bridgehead atoms. The normalized spacial score (nSPS) is 11.2. The summed E-state index contributed by atoms with van der Waals surface area (Å²) in [5, 5.41) is 12.7. The van der Waals surface area contributed by atoms with Crippen molar-refractivity contribution >= 4 is 52.1 Å². The van der Waals surface area contributed by atoms with Crippen molar-refractivity contribution in [2.75, 3.05) is 19.8 Å². The number of unbranched alkanes of at least 4 members (excludes halogenated alkanes) is 1. The second-order valence-electron chi connectivity index (χ2n) is 6.13. The first kappa shape index (κ1) is 24.5. The lowest BCUT2D eigenvalue weighted by atomic mass is 10.1. The van der Waals surface area contributed by atoms with Crippen molar-refractivity contribution in [3.63, 3.8) is 0 Å². The quantitative estimate of drug-likeness (QED) is 0.157. The van der Waals surface area contributed by atoms with Crippen LogP contribution in [0.5, 0.6) is 17.2 Å². The summed E-state index contributed by atoms with van der Waals surface area (Å²) in [6.07, 6.45) is 3.06. The van der Waals surface area contributed by atoms with Gasteiger partial charge in [0.2, 0.25) is 0 Å². The van der Waals surface area contributed by atoms with Gasteiger partial charge in [0.1, 0.15) is 22.6 Å². The van der Waals surface area contributed by atoms with Gasteiger partial charge in [-0.05, 0) is 55.7 Å². The molecule has 0 spiro atoms. The molecule has 0 atom stereocenters. The summed E-state index contributed by atoms with van der Waals surface area (Å²) in [5.41, 5.74) is 1.38. The Balaban J connectivity index is 1.73. The zero-order chi connectivity index (χ0) is 21.9. The van der Waals surface area contributed by atoms with E-state index in [-0.39, 0.29) is 11.1 Å². The number of oxime groups is 1. The molecule has 0 saturated carbocycles. The lowest BCUT2D eigenvalue weighted by Crippen LogP contribution is -2.04. The summed E-state index contributed by atoms with van der Waals surface area (Å²) in [7, 11) is 0. The van der Waals surface area contributed by atoms with Crippen LogP contribution in [-0.4, -0.2) is 30.7 Å². The molecule has 0 aliphatic rings. The number of rotatable bonds is 11. The van der Waals surface area contributed by atoms with Crippen LogP contribution in [0.25, 0.3) is 0 Å². The fraction of sp³-hybridized carbons (Fsp3) is 0.286. The van der Waals surface area contributed by atoms with Gasteiger partial charge in [0.05, 0.1) is 29.0 Å². The van der Waals surface area contributed by atoms with Crippen molar-refractivity contribution in [1.29, 1.82) is 0 Å². The summed E-state index contributed by atoms with van der Waals surface area (Å²) in [5.74, 6) is 1.65. The molecule has 0 fully saturated rings. The maximum Gasteiger partial charge on any atom is 0.156 e. The minimum Gasteiger partial charge on any atom is -0.494 e. The van der Waals surface area contributed by atoms with Gasteiger partial charge >= 0.3 is 0 Å². The zero-order valence-electron chi connectivity index (χ0n) is 16.2. The smallest absolute Gasteiger partial charge is 0.156 e. The highest BCUT2D eigenvalue weighted by atomic mass is 35.5. The molecule has 9 heteroatoms. The SMILES string of the molecule is CC(=NO)c1ccc(OCCCCOc2c(Cl)cc(OCC=C(Cl)Cl)cc2Cl)cc1. The molecule has 2 aromatic carbocycles. The highest BCUT2D eigenvalue weighted by molar-refractivity contribution is 6.55. The molecular weight excluding hydrogens is 472 g/mol. The van der Waals surface area contributed by atoms with Crippen LogP contribution in [0.15, 0.2) is 52.1 Å². The van der Waals surface area contributed by atoms with Gasteiger partial charge in [-0.15, -0.1) is 0 Å². The van der Waals surface area contributed by atoms with Gasteiger partial charge in [0.15, 0.2) is 5.75 Å². The molecule has 0 amide bonds. The van der Waals surface area contributed by atoms with Crippen LogP contribution < -0.4 is 14.2 Å². The van der Waals surface area contributed by atoms with Gasteiger partial charge in [-0.3, -0.25) is 0 Å². The van der Waals surface area contributed by atoms with Crippen LogP contribution in [0.2, 0.25) is 10.0 Å². The Hall–Kier alpha value is -1.79. The van der Waals surface area contributed by atoms with E-state index in [1.807, 2.05) is 24.3 Å². The van der Waals surface area contributed by atoms with E-state index in [1.165, 1.54) is 6.08 Å². The zero-order valence-corrected chi connectivity index (χ0v) is 19.2. The van der Waals surface area contributed by atoms with Crippen molar-refractivity contribution in [1.82, 2.24) is 0 Å². The molecule has 0 unspecified atom stereocenters. The number of hydrogen-bond donors (Lipinski definition) is 1. The average molecular weight is 493 g/mol. The largest absolute Gasteiger partial charge is 0.494 e. The molecule has 1 N–H and O–H groups in total. The third kappa shape index (κ3) is 8.15. The average Bonchev–Trinajstić information content (AvgIpc) is 2.71.